The second kappa shape index (κ2) is 9.70. The summed E-state index contributed by atoms with van der Waals surface area (Å²) in [6, 6.07) is 11.3. The molecule has 0 saturated heterocycles. The molecule has 196 valence electrons. The number of pyridine rings is 1. The third-order valence-electron chi connectivity index (χ3n) is 6.99. The van der Waals surface area contributed by atoms with E-state index in [9.17, 15) is 4.79 Å². The molecule has 0 bridgehead atoms. The van der Waals surface area contributed by atoms with Gasteiger partial charge in [-0.3, -0.25) is 4.79 Å². The fourth-order valence-electron chi connectivity index (χ4n) is 5.05. The summed E-state index contributed by atoms with van der Waals surface area (Å²) in [5.41, 5.74) is 12.0. The SMILES string of the molecule is COc1ccc(OC)c(-c2c3c(nc4sc(C(=O)NCc5ccc6c(c5)OCO6)c(N)c24)CCN(C)C3)c1. The van der Waals surface area contributed by atoms with Crippen LogP contribution >= 0.6 is 11.3 Å². The third-order valence-corrected chi connectivity index (χ3v) is 8.09. The maximum absolute atomic E-state index is 13.4. The first kappa shape index (κ1) is 24.3. The van der Waals surface area contributed by atoms with E-state index >= 15 is 0 Å². The summed E-state index contributed by atoms with van der Waals surface area (Å²) in [4.78, 5) is 21.8. The normalized spacial score (nSPS) is 14.4. The largest absolute Gasteiger partial charge is 0.497 e. The first-order chi connectivity index (χ1) is 18.5. The number of hydrogen-bond acceptors (Lipinski definition) is 9. The average Bonchev–Trinajstić information content (AvgIpc) is 3.54. The number of thiophene rings is 1. The van der Waals surface area contributed by atoms with Crippen LogP contribution in [-0.4, -0.2) is 50.4 Å². The van der Waals surface area contributed by atoms with E-state index in [-0.39, 0.29) is 12.7 Å². The topological polar surface area (TPSA) is 108 Å². The molecule has 0 atom stereocenters. The van der Waals surface area contributed by atoms with Gasteiger partial charge in [0.1, 0.15) is 21.2 Å². The maximum Gasteiger partial charge on any atom is 0.263 e. The number of nitrogens with two attached hydrogens (primary N) is 1. The Labute approximate surface area is 224 Å². The molecule has 0 unspecified atom stereocenters. The number of carbonyl (C=O) groups excluding carboxylic acids is 1. The van der Waals surface area contributed by atoms with Crippen LogP contribution in [0.15, 0.2) is 36.4 Å². The number of rotatable bonds is 6. The number of anilines is 1. The average molecular weight is 533 g/mol. The van der Waals surface area contributed by atoms with E-state index in [0.29, 0.717) is 40.1 Å². The number of nitrogens with zero attached hydrogens (tertiary/aromatic N) is 2. The molecule has 4 heterocycles. The number of amides is 1. The molecule has 0 fully saturated rings. The lowest BCUT2D eigenvalue weighted by Gasteiger charge is -2.27. The minimum absolute atomic E-state index is 0.205. The predicted octanol–water partition coefficient (Wildman–Crippen LogP) is 4.21. The van der Waals surface area contributed by atoms with Crippen LogP contribution in [0.25, 0.3) is 21.3 Å². The summed E-state index contributed by atoms with van der Waals surface area (Å²) >= 11 is 1.31. The molecular formula is C28H28N4O5S. The Kier molecular flexibility index (Phi) is 6.21. The highest BCUT2D eigenvalue weighted by molar-refractivity contribution is 7.21. The Balaban J connectivity index is 1.44. The van der Waals surface area contributed by atoms with Crippen molar-refractivity contribution in [1.29, 1.82) is 0 Å². The van der Waals surface area contributed by atoms with Gasteiger partial charge in [0.2, 0.25) is 6.79 Å². The van der Waals surface area contributed by atoms with E-state index in [2.05, 4.69) is 17.3 Å². The zero-order valence-electron chi connectivity index (χ0n) is 21.4. The van der Waals surface area contributed by atoms with Gasteiger partial charge < -0.3 is 34.9 Å². The monoisotopic (exact) mass is 532 g/mol. The van der Waals surface area contributed by atoms with Crippen LogP contribution in [0.3, 0.4) is 0 Å². The maximum atomic E-state index is 13.4. The zero-order chi connectivity index (χ0) is 26.4. The number of nitrogen functional groups attached to an aromatic ring is 1. The number of likely N-dealkylation sites (N-methyl/N-ethyl adjacent to an activating group) is 1. The Morgan fingerprint density at radius 2 is 2.00 bits per heavy atom. The number of methoxy groups -OCH3 is 2. The molecule has 4 aromatic rings. The van der Waals surface area contributed by atoms with Crippen LogP contribution in [0.5, 0.6) is 23.0 Å². The molecule has 2 aliphatic rings. The van der Waals surface area contributed by atoms with Gasteiger partial charge in [0.05, 0.1) is 19.9 Å². The van der Waals surface area contributed by atoms with E-state index in [4.69, 9.17) is 29.7 Å². The first-order valence-corrected chi connectivity index (χ1v) is 13.1. The number of ether oxygens (including phenoxy) is 4. The minimum atomic E-state index is -0.248. The molecule has 0 radical (unpaired) electrons. The van der Waals surface area contributed by atoms with E-state index in [1.165, 1.54) is 11.3 Å². The molecule has 10 heteroatoms. The van der Waals surface area contributed by atoms with Crippen LogP contribution in [0.1, 0.15) is 26.5 Å². The molecule has 2 aromatic carbocycles. The summed E-state index contributed by atoms with van der Waals surface area (Å²) in [6.45, 7) is 2.16. The number of nitrogens with one attached hydrogen (secondary N) is 1. The van der Waals surface area contributed by atoms with Crippen LogP contribution in [0.2, 0.25) is 0 Å². The molecule has 2 aromatic heterocycles. The molecule has 9 nitrogen and oxygen atoms in total. The van der Waals surface area contributed by atoms with Gasteiger partial charge in [-0.25, -0.2) is 4.98 Å². The molecule has 1 amide bonds. The Morgan fingerprint density at radius 1 is 1.16 bits per heavy atom. The number of hydrogen-bond donors (Lipinski definition) is 2. The summed E-state index contributed by atoms with van der Waals surface area (Å²) < 4.78 is 22.1. The van der Waals surface area contributed by atoms with Crippen LogP contribution in [0.4, 0.5) is 5.69 Å². The van der Waals surface area contributed by atoms with Crippen LogP contribution < -0.4 is 30.0 Å². The zero-order valence-corrected chi connectivity index (χ0v) is 22.2. The highest BCUT2D eigenvalue weighted by Crippen LogP contribution is 2.46. The Bertz CT molecular complexity index is 1570. The third kappa shape index (κ3) is 4.15. The van der Waals surface area contributed by atoms with Gasteiger partial charge in [-0.2, -0.15) is 0 Å². The molecule has 3 N–H and O–H groups in total. The second-order valence-electron chi connectivity index (χ2n) is 9.36. The fourth-order valence-corrected chi connectivity index (χ4v) is 6.09. The molecule has 38 heavy (non-hydrogen) atoms. The lowest BCUT2D eigenvalue weighted by molar-refractivity contribution is 0.0955. The van der Waals surface area contributed by atoms with Crippen LogP contribution in [0, 0.1) is 0 Å². The van der Waals surface area contributed by atoms with Crippen molar-refractivity contribution in [2.45, 2.75) is 19.5 Å². The fraction of sp³-hybridized carbons (Fsp3) is 0.286. The lowest BCUT2D eigenvalue weighted by Crippen LogP contribution is -2.28. The summed E-state index contributed by atoms with van der Waals surface area (Å²) in [5.74, 6) is 2.54. The van der Waals surface area contributed by atoms with Crippen molar-refractivity contribution >= 4 is 33.1 Å². The summed E-state index contributed by atoms with van der Waals surface area (Å²) in [6.07, 6.45) is 0.810. The van der Waals surface area contributed by atoms with E-state index < -0.39 is 0 Å². The molecule has 6 rings (SSSR count). The molecule has 2 aliphatic heterocycles. The van der Waals surface area contributed by atoms with E-state index in [0.717, 1.165) is 57.7 Å². The Morgan fingerprint density at radius 3 is 2.82 bits per heavy atom. The van der Waals surface area contributed by atoms with Crippen molar-refractivity contribution in [3.63, 3.8) is 0 Å². The molecular weight excluding hydrogens is 504 g/mol. The quantitative estimate of drug-likeness (QED) is 0.380. The van der Waals surface area contributed by atoms with E-state index in [1.807, 2.05) is 36.4 Å². The molecule has 0 saturated carbocycles. The summed E-state index contributed by atoms with van der Waals surface area (Å²) in [5, 5.41) is 3.77. The van der Waals surface area contributed by atoms with Crippen molar-refractivity contribution < 1.29 is 23.7 Å². The van der Waals surface area contributed by atoms with Gasteiger partial charge in [0.25, 0.3) is 5.91 Å². The van der Waals surface area contributed by atoms with Crippen molar-refractivity contribution in [2.24, 2.45) is 0 Å². The number of carbonyl (C=O) groups is 1. The highest BCUT2D eigenvalue weighted by atomic mass is 32.1. The first-order valence-electron chi connectivity index (χ1n) is 12.3. The number of benzene rings is 2. The standard InChI is InChI=1S/C28H28N4O5S/c1-32-9-8-19-18(13-32)23(17-11-16(34-2)5-7-20(17)35-3)24-25(29)26(38-28(24)31-19)27(33)30-12-15-4-6-21-22(10-15)37-14-36-21/h4-7,10-11H,8-9,12-14,29H2,1-3H3,(H,30,33). The van der Waals surface area contributed by atoms with E-state index in [1.54, 1.807) is 14.2 Å². The van der Waals surface area contributed by atoms with Gasteiger partial charge >= 0.3 is 0 Å². The van der Waals surface area contributed by atoms with Crippen molar-refractivity contribution in [2.75, 3.05) is 40.3 Å². The predicted molar refractivity (Wildman–Crippen MR) is 146 cm³/mol. The van der Waals surface area contributed by atoms with Gasteiger partial charge in [-0.05, 0) is 48.5 Å². The number of aromatic nitrogens is 1. The number of fused-ring (bicyclic) bond motifs is 3. The van der Waals surface area contributed by atoms with Gasteiger partial charge in [0, 0.05) is 48.3 Å². The van der Waals surface area contributed by atoms with Crippen molar-refractivity contribution in [3.8, 4) is 34.1 Å². The Hall–Kier alpha value is -4.02. The second-order valence-corrected chi connectivity index (χ2v) is 10.4. The van der Waals surface area contributed by atoms with Gasteiger partial charge in [-0.1, -0.05) is 6.07 Å². The van der Waals surface area contributed by atoms with Crippen molar-refractivity contribution in [3.05, 3.63) is 58.1 Å². The highest BCUT2D eigenvalue weighted by Gasteiger charge is 2.28. The van der Waals surface area contributed by atoms with Crippen molar-refractivity contribution in [1.82, 2.24) is 15.2 Å². The van der Waals surface area contributed by atoms with Gasteiger partial charge in [0.15, 0.2) is 11.5 Å². The molecule has 0 aliphatic carbocycles. The summed E-state index contributed by atoms with van der Waals surface area (Å²) in [7, 11) is 5.37. The van der Waals surface area contributed by atoms with Crippen LogP contribution in [-0.2, 0) is 19.5 Å². The molecule has 0 spiro atoms. The van der Waals surface area contributed by atoms with Gasteiger partial charge in [-0.15, -0.1) is 11.3 Å². The minimum Gasteiger partial charge on any atom is -0.497 e. The lowest BCUT2D eigenvalue weighted by atomic mass is 9.91. The smallest absolute Gasteiger partial charge is 0.263 e.